The van der Waals surface area contributed by atoms with Crippen LogP contribution in [0.2, 0.25) is 0 Å². The first-order valence-electron chi connectivity index (χ1n) is 10.1. The predicted octanol–water partition coefficient (Wildman–Crippen LogP) is 5.35. The van der Waals surface area contributed by atoms with Gasteiger partial charge in [0.05, 0.1) is 0 Å². The Morgan fingerprint density at radius 3 is 2.52 bits per heavy atom. The second-order valence-corrected chi connectivity index (χ2v) is 9.63. The topological polar surface area (TPSA) is 26.3 Å². The number of esters is 1. The maximum absolute atomic E-state index is 11.7. The van der Waals surface area contributed by atoms with Crippen LogP contribution in [0.25, 0.3) is 0 Å². The Hall–Kier alpha value is -0.530. The Morgan fingerprint density at radius 1 is 0.913 bits per heavy atom. The molecular weight excluding hydrogens is 284 g/mol. The number of rotatable bonds is 1. The van der Waals surface area contributed by atoms with E-state index in [1.807, 2.05) is 0 Å². The molecule has 2 heteroatoms. The summed E-state index contributed by atoms with van der Waals surface area (Å²) in [5.41, 5.74) is 0.868. The van der Waals surface area contributed by atoms with Crippen LogP contribution in [0.4, 0.5) is 0 Å². The summed E-state index contributed by atoms with van der Waals surface area (Å²) in [6.07, 6.45) is 13.8. The van der Waals surface area contributed by atoms with Gasteiger partial charge in [0.25, 0.3) is 0 Å². The number of carbonyl (C=O) groups excluding carboxylic acids is 1. The molecule has 0 amide bonds. The fourth-order valence-corrected chi connectivity index (χ4v) is 7.67. The molecule has 4 saturated carbocycles. The lowest BCUT2D eigenvalue weighted by atomic mass is 9.44. The van der Waals surface area contributed by atoms with Crippen molar-refractivity contribution in [2.75, 3.05) is 0 Å². The fraction of sp³-hybridized carbons (Fsp3) is 0.952. The summed E-state index contributed by atoms with van der Waals surface area (Å²) in [7, 11) is 0. The Morgan fingerprint density at radius 2 is 1.74 bits per heavy atom. The molecule has 2 nitrogen and oxygen atoms in total. The van der Waals surface area contributed by atoms with Crippen LogP contribution >= 0.6 is 0 Å². The van der Waals surface area contributed by atoms with Gasteiger partial charge in [0.1, 0.15) is 6.10 Å². The molecule has 0 radical (unpaired) electrons. The van der Waals surface area contributed by atoms with Crippen molar-refractivity contribution in [3.8, 4) is 0 Å². The van der Waals surface area contributed by atoms with Crippen molar-refractivity contribution in [1.82, 2.24) is 0 Å². The van der Waals surface area contributed by atoms with Crippen molar-refractivity contribution in [2.24, 2.45) is 34.5 Å². The van der Waals surface area contributed by atoms with Gasteiger partial charge in [0, 0.05) is 12.3 Å². The van der Waals surface area contributed by atoms with Gasteiger partial charge >= 0.3 is 5.97 Å². The lowest BCUT2D eigenvalue weighted by Crippen LogP contribution is -2.57. The van der Waals surface area contributed by atoms with E-state index in [2.05, 4.69) is 13.8 Å². The maximum Gasteiger partial charge on any atom is 0.302 e. The Balaban J connectivity index is 1.66. The van der Waals surface area contributed by atoms with Gasteiger partial charge in [-0.25, -0.2) is 0 Å². The van der Waals surface area contributed by atoms with Gasteiger partial charge in [-0.2, -0.15) is 0 Å². The molecule has 0 spiro atoms. The molecule has 0 bridgehead atoms. The number of carbonyl (C=O) groups is 1. The van der Waals surface area contributed by atoms with Crippen molar-refractivity contribution in [3.63, 3.8) is 0 Å². The Bertz CT molecular complexity index is 486. The number of hydrogen-bond acceptors (Lipinski definition) is 2. The van der Waals surface area contributed by atoms with Crippen LogP contribution in [0, 0.1) is 34.5 Å². The summed E-state index contributed by atoms with van der Waals surface area (Å²) >= 11 is 0. The van der Waals surface area contributed by atoms with Crippen LogP contribution in [0.15, 0.2) is 0 Å². The molecule has 0 aliphatic heterocycles. The summed E-state index contributed by atoms with van der Waals surface area (Å²) in [6, 6.07) is 0. The second-order valence-electron chi connectivity index (χ2n) is 9.63. The van der Waals surface area contributed by atoms with Crippen LogP contribution in [-0.2, 0) is 9.53 Å². The molecule has 4 aliphatic rings. The van der Waals surface area contributed by atoms with Crippen LogP contribution < -0.4 is 0 Å². The molecule has 4 aliphatic carbocycles. The van der Waals surface area contributed by atoms with E-state index in [9.17, 15) is 4.79 Å². The average Bonchev–Trinajstić information content (AvgIpc) is 2.89. The predicted molar refractivity (Wildman–Crippen MR) is 91.9 cm³/mol. The minimum absolute atomic E-state index is 0.0690. The SMILES string of the molecule is CC(=O)O[C@@H]1CCC[C@@H]2CC[C@H]3[C@@H]4CCC[C@@]4(C)CC[C@@H]3[C@]21C. The van der Waals surface area contributed by atoms with E-state index in [0.29, 0.717) is 5.41 Å². The summed E-state index contributed by atoms with van der Waals surface area (Å²) in [5, 5.41) is 0. The zero-order chi connectivity index (χ0) is 16.2. The molecular formula is C21H34O2. The first-order chi connectivity index (χ1) is 10.9. The molecule has 0 unspecified atom stereocenters. The van der Waals surface area contributed by atoms with E-state index in [1.54, 1.807) is 6.92 Å². The molecule has 0 saturated heterocycles. The molecule has 23 heavy (non-hydrogen) atoms. The lowest BCUT2D eigenvalue weighted by molar-refractivity contribution is -0.188. The number of hydrogen-bond donors (Lipinski definition) is 0. The molecule has 0 heterocycles. The summed E-state index contributed by atoms with van der Waals surface area (Å²) < 4.78 is 5.91. The molecule has 4 fully saturated rings. The highest BCUT2D eigenvalue weighted by Crippen LogP contribution is 2.66. The van der Waals surface area contributed by atoms with Crippen molar-refractivity contribution in [2.45, 2.75) is 91.1 Å². The monoisotopic (exact) mass is 318 g/mol. The Kier molecular flexibility index (Phi) is 3.81. The minimum atomic E-state index is -0.0690. The fourth-order valence-electron chi connectivity index (χ4n) is 7.67. The quantitative estimate of drug-likeness (QED) is 0.609. The van der Waals surface area contributed by atoms with Gasteiger partial charge < -0.3 is 4.74 Å². The van der Waals surface area contributed by atoms with Crippen LogP contribution in [-0.4, -0.2) is 12.1 Å². The van der Waals surface area contributed by atoms with E-state index in [0.717, 1.165) is 30.1 Å². The normalized spacial score (nSPS) is 52.2. The van der Waals surface area contributed by atoms with Gasteiger partial charge in [-0.3, -0.25) is 4.79 Å². The second kappa shape index (κ2) is 5.49. The molecule has 4 rings (SSSR count). The highest BCUT2D eigenvalue weighted by Gasteiger charge is 2.60. The molecule has 7 atom stereocenters. The standard InChI is InChI=1S/C21H34O2/c1-14(22)23-19-8-4-6-15-9-10-16-17-7-5-12-20(17,2)13-11-18(16)21(15,19)3/h15-19H,4-13H2,1-3H3/t15-,16+,17+,18+,19-,20+,21+/m1/s1. The van der Waals surface area contributed by atoms with Gasteiger partial charge in [-0.15, -0.1) is 0 Å². The third-order valence-electron chi connectivity index (χ3n) is 8.77. The van der Waals surface area contributed by atoms with E-state index in [1.165, 1.54) is 57.8 Å². The molecule has 130 valence electrons. The van der Waals surface area contributed by atoms with Crippen LogP contribution in [0.5, 0.6) is 0 Å². The average molecular weight is 319 g/mol. The van der Waals surface area contributed by atoms with Crippen molar-refractivity contribution in [1.29, 1.82) is 0 Å². The summed E-state index contributed by atoms with van der Waals surface area (Å²) in [6.45, 7) is 6.67. The highest BCUT2D eigenvalue weighted by molar-refractivity contribution is 5.66. The maximum atomic E-state index is 11.7. The van der Waals surface area contributed by atoms with Crippen molar-refractivity contribution in [3.05, 3.63) is 0 Å². The highest BCUT2D eigenvalue weighted by atomic mass is 16.5. The molecule has 0 aromatic rings. The summed E-state index contributed by atoms with van der Waals surface area (Å²) in [5.74, 6) is 3.35. The third-order valence-corrected chi connectivity index (χ3v) is 8.77. The van der Waals surface area contributed by atoms with Gasteiger partial charge in [-0.05, 0) is 86.9 Å². The van der Waals surface area contributed by atoms with Crippen LogP contribution in [0.3, 0.4) is 0 Å². The largest absolute Gasteiger partial charge is 0.462 e. The minimum Gasteiger partial charge on any atom is -0.462 e. The van der Waals surface area contributed by atoms with E-state index >= 15 is 0 Å². The zero-order valence-electron chi connectivity index (χ0n) is 15.3. The van der Waals surface area contributed by atoms with Gasteiger partial charge in [-0.1, -0.05) is 20.3 Å². The first kappa shape index (κ1) is 16.0. The molecule has 0 aromatic heterocycles. The Labute approximate surface area is 141 Å². The number of ether oxygens (including phenoxy) is 1. The van der Waals surface area contributed by atoms with E-state index < -0.39 is 0 Å². The summed E-state index contributed by atoms with van der Waals surface area (Å²) in [4.78, 5) is 11.7. The third kappa shape index (κ3) is 2.30. The molecule has 0 N–H and O–H groups in total. The van der Waals surface area contributed by atoms with E-state index in [4.69, 9.17) is 4.74 Å². The zero-order valence-corrected chi connectivity index (χ0v) is 15.3. The van der Waals surface area contributed by atoms with Crippen molar-refractivity contribution >= 4 is 5.97 Å². The number of fused-ring (bicyclic) bond motifs is 5. The lowest BCUT2D eigenvalue weighted by Gasteiger charge is -2.61. The van der Waals surface area contributed by atoms with Gasteiger partial charge in [0.15, 0.2) is 0 Å². The molecule has 0 aromatic carbocycles. The van der Waals surface area contributed by atoms with Gasteiger partial charge in [0.2, 0.25) is 0 Å². The van der Waals surface area contributed by atoms with Crippen LogP contribution in [0.1, 0.15) is 85.0 Å². The smallest absolute Gasteiger partial charge is 0.302 e. The van der Waals surface area contributed by atoms with E-state index in [-0.39, 0.29) is 17.5 Å². The first-order valence-corrected chi connectivity index (χ1v) is 10.1. The van der Waals surface area contributed by atoms with Crippen molar-refractivity contribution < 1.29 is 9.53 Å².